The lowest BCUT2D eigenvalue weighted by atomic mass is 9.88. The second-order valence-electron chi connectivity index (χ2n) is 7.11. The molecule has 1 heterocycles. The van der Waals surface area contributed by atoms with Crippen LogP contribution in [-0.2, 0) is 9.59 Å². The quantitative estimate of drug-likeness (QED) is 0.853. The number of carbonyl (C=O) groups is 2. The number of ether oxygens (including phenoxy) is 1. The number of para-hydroxylation sites is 2. The van der Waals surface area contributed by atoms with E-state index in [9.17, 15) is 9.59 Å². The summed E-state index contributed by atoms with van der Waals surface area (Å²) in [4.78, 5) is 26.6. The Morgan fingerprint density at radius 1 is 1.11 bits per heavy atom. The second kappa shape index (κ2) is 8.71. The van der Waals surface area contributed by atoms with Crippen LogP contribution in [0.3, 0.4) is 0 Å². The van der Waals surface area contributed by atoms with Crippen molar-refractivity contribution in [3.8, 4) is 5.75 Å². The summed E-state index contributed by atoms with van der Waals surface area (Å²) in [6.07, 6.45) is 0.264. The summed E-state index contributed by atoms with van der Waals surface area (Å²) in [5.74, 6) is 0.993. The summed E-state index contributed by atoms with van der Waals surface area (Å²) >= 11 is 0. The number of hydrogen-bond acceptors (Lipinski definition) is 3. The molecule has 0 fully saturated rings. The number of nitrogens with one attached hydrogen (secondary N) is 1. The molecular weight excluding hydrogens is 340 g/mol. The summed E-state index contributed by atoms with van der Waals surface area (Å²) < 4.78 is 5.62. The molecule has 0 saturated carbocycles. The van der Waals surface area contributed by atoms with Crippen molar-refractivity contribution in [2.45, 2.75) is 26.2 Å². The van der Waals surface area contributed by atoms with Crippen molar-refractivity contribution in [2.24, 2.45) is 5.92 Å². The third kappa shape index (κ3) is 4.67. The molecule has 0 aliphatic carbocycles. The molecule has 0 bridgehead atoms. The molecular formula is C22H26N2O3. The van der Waals surface area contributed by atoms with Crippen molar-refractivity contribution in [3.05, 3.63) is 60.2 Å². The SMILES string of the molecule is CC(C)[C@H](CNC(=O)CN1C(=O)CCOc2ccccc21)c1ccccc1. The van der Waals surface area contributed by atoms with Gasteiger partial charge in [0.2, 0.25) is 11.8 Å². The molecule has 142 valence electrons. The Morgan fingerprint density at radius 3 is 2.56 bits per heavy atom. The van der Waals surface area contributed by atoms with Gasteiger partial charge in [0.1, 0.15) is 12.3 Å². The van der Waals surface area contributed by atoms with Gasteiger partial charge < -0.3 is 10.1 Å². The molecule has 2 aromatic carbocycles. The first-order valence-electron chi connectivity index (χ1n) is 9.40. The van der Waals surface area contributed by atoms with E-state index in [1.807, 2.05) is 42.5 Å². The van der Waals surface area contributed by atoms with Gasteiger partial charge in [-0.25, -0.2) is 0 Å². The molecule has 27 heavy (non-hydrogen) atoms. The fraction of sp³-hybridized carbons (Fsp3) is 0.364. The average Bonchev–Trinajstić information content (AvgIpc) is 2.82. The molecule has 2 amide bonds. The maximum absolute atomic E-state index is 12.6. The van der Waals surface area contributed by atoms with Crippen LogP contribution >= 0.6 is 0 Å². The number of anilines is 1. The summed E-state index contributed by atoms with van der Waals surface area (Å²) in [5.41, 5.74) is 1.86. The normalized spacial score (nSPS) is 14.9. The molecule has 5 nitrogen and oxygen atoms in total. The van der Waals surface area contributed by atoms with E-state index in [1.54, 1.807) is 0 Å². The number of benzene rings is 2. The predicted octanol–water partition coefficient (Wildman–Crippen LogP) is 3.36. The van der Waals surface area contributed by atoms with Crippen LogP contribution in [0.2, 0.25) is 0 Å². The van der Waals surface area contributed by atoms with Crippen LogP contribution in [0.1, 0.15) is 31.7 Å². The van der Waals surface area contributed by atoms with Crippen LogP contribution in [0.5, 0.6) is 5.75 Å². The predicted molar refractivity (Wildman–Crippen MR) is 106 cm³/mol. The first-order valence-corrected chi connectivity index (χ1v) is 9.40. The van der Waals surface area contributed by atoms with E-state index in [0.717, 1.165) is 0 Å². The van der Waals surface area contributed by atoms with Gasteiger partial charge in [-0.1, -0.05) is 56.3 Å². The number of carbonyl (C=O) groups excluding carboxylic acids is 2. The largest absolute Gasteiger partial charge is 0.491 e. The number of fused-ring (bicyclic) bond motifs is 1. The van der Waals surface area contributed by atoms with Crippen LogP contribution in [-0.4, -0.2) is 31.5 Å². The molecule has 5 heteroatoms. The number of amides is 2. The lowest BCUT2D eigenvalue weighted by Crippen LogP contribution is -2.42. The Labute approximate surface area is 160 Å². The van der Waals surface area contributed by atoms with Gasteiger partial charge in [0, 0.05) is 12.5 Å². The van der Waals surface area contributed by atoms with Crippen LogP contribution in [0.15, 0.2) is 54.6 Å². The van der Waals surface area contributed by atoms with Crippen LogP contribution in [0, 0.1) is 5.92 Å². The zero-order valence-corrected chi connectivity index (χ0v) is 15.9. The molecule has 0 spiro atoms. The maximum atomic E-state index is 12.6. The van der Waals surface area contributed by atoms with E-state index in [-0.39, 0.29) is 30.7 Å². The minimum Gasteiger partial charge on any atom is -0.491 e. The van der Waals surface area contributed by atoms with Crippen molar-refractivity contribution in [2.75, 3.05) is 24.6 Å². The van der Waals surface area contributed by atoms with Gasteiger partial charge in [0.05, 0.1) is 18.7 Å². The van der Waals surface area contributed by atoms with Gasteiger partial charge in [-0.15, -0.1) is 0 Å². The highest BCUT2D eigenvalue weighted by atomic mass is 16.5. The van der Waals surface area contributed by atoms with Gasteiger partial charge >= 0.3 is 0 Å². The summed E-state index contributed by atoms with van der Waals surface area (Å²) in [5, 5.41) is 3.01. The van der Waals surface area contributed by atoms with Crippen LogP contribution < -0.4 is 15.0 Å². The van der Waals surface area contributed by atoms with Crippen LogP contribution in [0.25, 0.3) is 0 Å². The molecule has 1 atom stereocenters. The second-order valence-corrected chi connectivity index (χ2v) is 7.11. The standard InChI is InChI=1S/C22H26N2O3/c1-16(2)18(17-8-4-3-5-9-17)14-23-21(25)15-24-19-10-6-7-11-20(19)27-13-12-22(24)26/h3-11,16,18H,12-15H2,1-2H3,(H,23,25)/t18-/m0/s1. The Balaban J connectivity index is 1.67. The van der Waals surface area contributed by atoms with Gasteiger partial charge in [-0.05, 0) is 23.6 Å². The Kier molecular flexibility index (Phi) is 6.12. The van der Waals surface area contributed by atoms with E-state index in [4.69, 9.17) is 4.74 Å². The zero-order chi connectivity index (χ0) is 19.2. The molecule has 1 aliphatic rings. The molecule has 0 saturated heterocycles. The Bertz CT molecular complexity index is 789. The van der Waals surface area contributed by atoms with E-state index < -0.39 is 0 Å². The molecule has 0 radical (unpaired) electrons. The smallest absolute Gasteiger partial charge is 0.240 e. The third-order valence-electron chi connectivity index (χ3n) is 4.88. The summed E-state index contributed by atoms with van der Waals surface area (Å²) in [6, 6.07) is 17.5. The molecule has 1 N–H and O–H groups in total. The van der Waals surface area contributed by atoms with E-state index in [1.165, 1.54) is 10.5 Å². The number of hydrogen-bond donors (Lipinski definition) is 1. The van der Waals surface area contributed by atoms with Crippen molar-refractivity contribution < 1.29 is 14.3 Å². The highest BCUT2D eigenvalue weighted by Crippen LogP contribution is 2.30. The molecule has 0 unspecified atom stereocenters. The zero-order valence-electron chi connectivity index (χ0n) is 15.9. The molecule has 0 aromatic heterocycles. The third-order valence-corrected chi connectivity index (χ3v) is 4.88. The topological polar surface area (TPSA) is 58.6 Å². The Hall–Kier alpha value is -2.82. The highest BCUT2D eigenvalue weighted by Gasteiger charge is 2.25. The minimum atomic E-state index is -0.165. The van der Waals surface area contributed by atoms with Gasteiger partial charge in [0.25, 0.3) is 0 Å². The van der Waals surface area contributed by atoms with Gasteiger partial charge in [0.15, 0.2) is 0 Å². The first-order chi connectivity index (χ1) is 13.1. The highest BCUT2D eigenvalue weighted by molar-refractivity contribution is 6.00. The fourth-order valence-corrected chi connectivity index (χ4v) is 3.36. The van der Waals surface area contributed by atoms with Gasteiger partial charge in [-0.2, -0.15) is 0 Å². The van der Waals surface area contributed by atoms with E-state index >= 15 is 0 Å². The van der Waals surface area contributed by atoms with Crippen molar-refractivity contribution in [3.63, 3.8) is 0 Å². The first kappa shape index (κ1) is 19.0. The van der Waals surface area contributed by atoms with Gasteiger partial charge in [-0.3, -0.25) is 14.5 Å². The summed E-state index contributed by atoms with van der Waals surface area (Å²) in [6.45, 7) is 5.17. The van der Waals surface area contributed by atoms with E-state index in [2.05, 4.69) is 31.3 Å². The Morgan fingerprint density at radius 2 is 1.81 bits per heavy atom. The monoisotopic (exact) mass is 366 g/mol. The minimum absolute atomic E-state index is 0.00118. The molecule has 1 aliphatic heterocycles. The summed E-state index contributed by atoms with van der Waals surface area (Å²) in [7, 11) is 0. The van der Waals surface area contributed by atoms with E-state index in [0.29, 0.717) is 30.5 Å². The van der Waals surface area contributed by atoms with Crippen molar-refractivity contribution >= 4 is 17.5 Å². The fourth-order valence-electron chi connectivity index (χ4n) is 3.36. The lowest BCUT2D eigenvalue weighted by Gasteiger charge is -2.24. The molecule has 2 aromatic rings. The lowest BCUT2D eigenvalue weighted by molar-refractivity contribution is -0.124. The molecule has 3 rings (SSSR count). The van der Waals surface area contributed by atoms with Crippen molar-refractivity contribution in [1.29, 1.82) is 0 Å². The number of rotatable bonds is 6. The maximum Gasteiger partial charge on any atom is 0.240 e. The van der Waals surface area contributed by atoms with Crippen molar-refractivity contribution in [1.82, 2.24) is 5.32 Å². The average molecular weight is 366 g/mol. The number of nitrogens with zero attached hydrogens (tertiary/aromatic N) is 1. The van der Waals surface area contributed by atoms with Crippen LogP contribution in [0.4, 0.5) is 5.69 Å².